The molecule has 0 bridgehead atoms. The van der Waals surface area contributed by atoms with Crippen LogP contribution in [0.25, 0.3) is 0 Å². The van der Waals surface area contributed by atoms with Gasteiger partial charge in [-0.3, -0.25) is 0 Å². The number of aliphatic imine (C=N–C) groups is 1. The molecule has 0 radical (unpaired) electrons. The van der Waals surface area contributed by atoms with Gasteiger partial charge in [0.15, 0.2) is 0 Å². The number of hydrazone groups is 1. The molecule has 0 saturated carbocycles. The zero-order valence-electron chi connectivity index (χ0n) is 4.00. The second-order valence-electron chi connectivity index (χ2n) is 1.20. The summed E-state index contributed by atoms with van der Waals surface area (Å²) >= 11 is 0. The quantitative estimate of drug-likeness (QED) is 0.418. The molecule has 0 N–H and O–H groups in total. The van der Waals surface area contributed by atoms with Crippen LogP contribution in [0.3, 0.4) is 0 Å². The highest BCUT2D eigenvalue weighted by atomic mass is 15.4. The van der Waals surface area contributed by atoms with E-state index >= 15 is 0 Å². The zero-order chi connectivity index (χ0) is 5.11. The van der Waals surface area contributed by atoms with Crippen molar-refractivity contribution in [1.82, 2.24) is 5.01 Å². The Morgan fingerprint density at radius 1 is 1.71 bits per heavy atom. The van der Waals surface area contributed by atoms with E-state index in [2.05, 4.69) is 16.0 Å². The van der Waals surface area contributed by atoms with Crippen molar-refractivity contribution in [3.8, 4) is 0 Å². The van der Waals surface area contributed by atoms with Crippen molar-refractivity contribution in [3.05, 3.63) is 6.20 Å². The fourth-order valence-electron chi connectivity index (χ4n) is 0.306. The molecule has 0 aliphatic carbocycles. The molecule has 1 rings (SSSR count). The lowest BCUT2D eigenvalue weighted by molar-refractivity contribution is 0.563. The summed E-state index contributed by atoms with van der Waals surface area (Å²) in [6, 6.07) is 0. The van der Waals surface area contributed by atoms with Crippen LogP contribution in [-0.2, 0) is 0 Å². The third-order valence-electron chi connectivity index (χ3n) is 0.582. The van der Waals surface area contributed by atoms with Gasteiger partial charge in [0.25, 0.3) is 0 Å². The molecular weight excluding hydrogens is 90.1 g/mol. The molecular formula is C4H5N3. The molecule has 0 fully saturated rings. The van der Waals surface area contributed by atoms with Crippen molar-refractivity contribution in [3.63, 3.8) is 0 Å². The Morgan fingerprint density at radius 3 is 2.86 bits per heavy atom. The Labute approximate surface area is 41.7 Å². The van der Waals surface area contributed by atoms with E-state index in [4.69, 9.17) is 0 Å². The molecule has 3 heteroatoms. The van der Waals surface area contributed by atoms with Crippen molar-refractivity contribution in [2.75, 3.05) is 7.05 Å². The van der Waals surface area contributed by atoms with Crippen molar-refractivity contribution < 1.29 is 0 Å². The number of hydrogen-bond donors (Lipinski definition) is 0. The van der Waals surface area contributed by atoms with Crippen LogP contribution in [0.15, 0.2) is 16.3 Å². The topological polar surface area (TPSA) is 28.0 Å². The molecule has 0 aromatic rings. The van der Waals surface area contributed by atoms with Gasteiger partial charge in [-0.1, -0.05) is 0 Å². The summed E-state index contributed by atoms with van der Waals surface area (Å²) in [4.78, 5) is 3.73. The van der Waals surface area contributed by atoms with Gasteiger partial charge in [0.05, 0.1) is 6.20 Å². The van der Waals surface area contributed by atoms with Gasteiger partial charge in [-0.15, -0.1) is 5.10 Å². The standard InChI is InChI=1S/C4H5N3/c1-7-4-5-2-3-6-7/h2,4H,1H3. The van der Waals surface area contributed by atoms with Crippen LogP contribution >= 0.6 is 0 Å². The minimum atomic E-state index is 1.51. The summed E-state index contributed by atoms with van der Waals surface area (Å²) in [6.07, 6.45) is 3.12. The molecule has 0 unspecified atom stereocenters. The van der Waals surface area contributed by atoms with E-state index in [0.29, 0.717) is 0 Å². The molecule has 1 aliphatic heterocycles. The second-order valence-corrected chi connectivity index (χ2v) is 1.20. The van der Waals surface area contributed by atoms with E-state index in [1.165, 1.54) is 6.20 Å². The minimum Gasteiger partial charge on any atom is -0.249 e. The minimum absolute atomic E-state index is 1.51. The Bertz CT molecular complexity index is 141. The summed E-state index contributed by atoms with van der Waals surface area (Å²) in [5, 5.41) is 5.29. The fourth-order valence-corrected chi connectivity index (χ4v) is 0.306. The smallest absolute Gasteiger partial charge is 0.112 e. The molecule has 1 aliphatic rings. The predicted molar refractivity (Wildman–Crippen MR) is 28.3 cm³/mol. The van der Waals surface area contributed by atoms with Gasteiger partial charge < -0.3 is 0 Å². The van der Waals surface area contributed by atoms with Crippen molar-refractivity contribution in [2.45, 2.75) is 0 Å². The molecule has 0 saturated heterocycles. The lowest BCUT2D eigenvalue weighted by Gasteiger charge is -2.01. The second kappa shape index (κ2) is 1.58. The van der Waals surface area contributed by atoms with Crippen molar-refractivity contribution >= 4 is 12.2 Å². The predicted octanol–water partition coefficient (Wildman–Crippen LogP) is 0.0585. The van der Waals surface area contributed by atoms with Crippen LogP contribution in [0, 0.1) is 0 Å². The van der Waals surface area contributed by atoms with Gasteiger partial charge in [0.2, 0.25) is 0 Å². The van der Waals surface area contributed by atoms with Crippen LogP contribution in [-0.4, -0.2) is 24.3 Å². The van der Waals surface area contributed by atoms with Crippen LogP contribution in [0.1, 0.15) is 0 Å². The Kier molecular flexibility index (Phi) is 0.922. The van der Waals surface area contributed by atoms with Gasteiger partial charge in [-0.25, -0.2) is 10.0 Å². The maximum atomic E-state index is 3.73. The average molecular weight is 95.1 g/mol. The van der Waals surface area contributed by atoms with E-state index in [1.807, 2.05) is 0 Å². The van der Waals surface area contributed by atoms with Crippen LogP contribution in [0.4, 0.5) is 0 Å². The summed E-state index contributed by atoms with van der Waals surface area (Å²) in [6.45, 7) is 0. The molecule has 7 heavy (non-hydrogen) atoms. The zero-order valence-corrected chi connectivity index (χ0v) is 4.00. The van der Waals surface area contributed by atoms with Gasteiger partial charge in [-0.05, 0) is 0 Å². The first-order valence-corrected chi connectivity index (χ1v) is 1.93. The first kappa shape index (κ1) is 4.09. The van der Waals surface area contributed by atoms with Gasteiger partial charge in [0.1, 0.15) is 6.34 Å². The highest BCUT2D eigenvalue weighted by Gasteiger charge is 1.81. The van der Waals surface area contributed by atoms with Gasteiger partial charge >= 0.3 is 0 Å². The molecule has 0 aromatic heterocycles. The van der Waals surface area contributed by atoms with Crippen molar-refractivity contribution in [2.24, 2.45) is 10.1 Å². The summed E-state index contributed by atoms with van der Waals surface area (Å²) in [5.41, 5.74) is 0. The van der Waals surface area contributed by atoms with E-state index < -0.39 is 0 Å². The van der Waals surface area contributed by atoms with E-state index in [1.54, 1.807) is 18.4 Å². The lowest BCUT2D eigenvalue weighted by Crippen LogP contribution is -2.07. The molecule has 0 amide bonds. The molecule has 36 valence electrons. The van der Waals surface area contributed by atoms with Crippen molar-refractivity contribution in [1.29, 1.82) is 0 Å². The van der Waals surface area contributed by atoms with Crippen LogP contribution in [0.2, 0.25) is 0 Å². The lowest BCUT2D eigenvalue weighted by atomic mass is 10.9. The van der Waals surface area contributed by atoms with Gasteiger partial charge in [-0.2, -0.15) is 0 Å². The highest BCUT2D eigenvalue weighted by Crippen LogP contribution is 1.79. The SMILES string of the molecule is CN1C=NC=C=N1. The number of nitrogens with zero attached hydrogens (tertiary/aromatic N) is 3. The first-order valence-electron chi connectivity index (χ1n) is 1.93. The summed E-state index contributed by atoms with van der Waals surface area (Å²) in [7, 11) is 1.80. The molecule has 3 nitrogen and oxygen atoms in total. The van der Waals surface area contributed by atoms with Crippen LogP contribution in [0.5, 0.6) is 0 Å². The monoisotopic (exact) mass is 95.0 g/mol. The fraction of sp³-hybridized carbons (Fsp3) is 0.250. The molecule has 0 atom stereocenters. The number of hydrogen-bond acceptors (Lipinski definition) is 3. The van der Waals surface area contributed by atoms with E-state index in [0.717, 1.165) is 0 Å². The maximum Gasteiger partial charge on any atom is 0.112 e. The Hall–Kier alpha value is -1.08. The number of rotatable bonds is 0. The first-order chi connectivity index (χ1) is 3.39. The third kappa shape index (κ3) is 0.876. The molecule has 1 heterocycles. The third-order valence-corrected chi connectivity index (χ3v) is 0.582. The highest BCUT2D eigenvalue weighted by molar-refractivity contribution is 5.64. The maximum absolute atomic E-state index is 3.73. The van der Waals surface area contributed by atoms with E-state index in [-0.39, 0.29) is 0 Å². The van der Waals surface area contributed by atoms with E-state index in [9.17, 15) is 0 Å². The van der Waals surface area contributed by atoms with Gasteiger partial charge in [0, 0.05) is 12.9 Å². The average Bonchev–Trinajstić information content (AvgIpc) is 1.69. The normalized spacial score (nSPS) is 15.9. The van der Waals surface area contributed by atoms with Crippen LogP contribution < -0.4 is 0 Å². The largest absolute Gasteiger partial charge is 0.249 e. The summed E-state index contributed by atoms with van der Waals surface area (Å²) in [5.74, 6) is 2.56. The molecule has 0 aromatic carbocycles. The Morgan fingerprint density at radius 2 is 2.57 bits per heavy atom. The summed E-state index contributed by atoms with van der Waals surface area (Å²) < 4.78 is 0. The Balaban J connectivity index is 2.77. The molecule has 0 spiro atoms.